The van der Waals surface area contributed by atoms with Gasteiger partial charge in [-0.15, -0.1) is 0 Å². The summed E-state index contributed by atoms with van der Waals surface area (Å²) in [6.07, 6.45) is 5.46. The van der Waals surface area contributed by atoms with Crippen molar-refractivity contribution < 1.29 is 14.6 Å². The van der Waals surface area contributed by atoms with Crippen molar-refractivity contribution in [3.8, 4) is 6.07 Å². The van der Waals surface area contributed by atoms with Gasteiger partial charge < -0.3 is 9.84 Å². The minimum absolute atomic E-state index is 0.263. The summed E-state index contributed by atoms with van der Waals surface area (Å²) in [7, 11) is 0. The molecule has 0 saturated carbocycles. The molecule has 0 bridgehead atoms. The molecule has 0 aromatic carbocycles. The van der Waals surface area contributed by atoms with Crippen molar-refractivity contribution in [2.24, 2.45) is 0 Å². The van der Waals surface area contributed by atoms with E-state index in [4.69, 9.17) is 15.1 Å². The summed E-state index contributed by atoms with van der Waals surface area (Å²) < 4.78 is 5.38. The van der Waals surface area contributed by atoms with Gasteiger partial charge in [0.15, 0.2) is 0 Å². The van der Waals surface area contributed by atoms with Crippen LogP contribution in [0.15, 0.2) is 11.6 Å². The lowest BCUT2D eigenvalue weighted by atomic mass is 10.2. The molecule has 16 heavy (non-hydrogen) atoms. The Hall–Kier alpha value is -1.34. The molecule has 1 atom stereocenters. The fourth-order valence-corrected chi connectivity index (χ4v) is 1.24. The van der Waals surface area contributed by atoms with E-state index in [1.54, 1.807) is 13.0 Å². The molecule has 0 heterocycles. The maximum atomic E-state index is 10.5. The van der Waals surface area contributed by atoms with Crippen molar-refractivity contribution in [2.45, 2.75) is 45.6 Å². The van der Waals surface area contributed by atoms with Crippen LogP contribution in [-0.2, 0) is 9.53 Å². The lowest BCUT2D eigenvalue weighted by molar-refractivity contribution is -0.132. The van der Waals surface area contributed by atoms with Crippen LogP contribution in [0.3, 0.4) is 0 Å². The Morgan fingerprint density at radius 2 is 2.19 bits per heavy atom. The molecule has 4 nitrogen and oxygen atoms in total. The van der Waals surface area contributed by atoms with Gasteiger partial charge >= 0.3 is 5.97 Å². The molecule has 0 radical (unpaired) electrons. The molecular weight excluding hydrogens is 206 g/mol. The summed E-state index contributed by atoms with van der Waals surface area (Å²) in [4.78, 5) is 10.5. The van der Waals surface area contributed by atoms with E-state index in [2.05, 4.69) is 6.92 Å². The Morgan fingerprint density at radius 1 is 1.50 bits per heavy atom. The first-order valence-corrected chi connectivity index (χ1v) is 5.58. The topological polar surface area (TPSA) is 70.3 Å². The van der Waals surface area contributed by atoms with Crippen LogP contribution in [0.5, 0.6) is 0 Å². The lowest BCUT2D eigenvalue weighted by Gasteiger charge is -2.08. The van der Waals surface area contributed by atoms with Gasteiger partial charge in [0.1, 0.15) is 11.6 Å². The fourth-order valence-electron chi connectivity index (χ4n) is 1.24. The molecule has 4 heteroatoms. The molecule has 0 aliphatic rings. The number of hydrogen-bond acceptors (Lipinski definition) is 3. The van der Waals surface area contributed by atoms with E-state index in [9.17, 15) is 4.79 Å². The van der Waals surface area contributed by atoms with Crippen molar-refractivity contribution in [2.75, 3.05) is 6.61 Å². The maximum Gasteiger partial charge on any atom is 0.346 e. The van der Waals surface area contributed by atoms with E-state index >= 15 is 0 Å². The minimum atomic E-state index is -1.20. The van der Waals surface area contributed by atoms with Crippen LogP contribution in [0.4, 0.5) is 0 Å². The molecule has 90 valence electrons. The van der Waals surface area contributed by atoms with Crippen LogP contribution < -0.4 is 0 Å². The quantitative estimate of drug-likeness (QED) is 0.391. The second-order valence-electron chi connectivity index (χ2n) is 3.63. The first-order valence-electron chi connectivity index (χ1n) is 5.58. The number of carbonyl (C=O) groups is 1. The highest BCUT2D eigenvalue weighted by Crippen LogP contribution is 2.03. The van der Waals surface area contributed by atoms with Gasteiger partial charge in [-0.25, -0.2) is 4.79 Å². The summed E-state index contributed by atoms with van der Waals surface area (Å²) in [6, 6.07) is 1.62. The predicted octanol–water partition coefficient (Wildman–Crippen LogP) is 2.51. The molecule has 0 spiro atoms. The number of hydrogen-bond donors (Lipinski definition) is 1. The Morgan fingerprint density at radius 3 is 2.69 bits per heavy atom. The SMILES string of the molecule is CCCCCCOC(C)C=C(C#N)C(=O)O. The normalized spacial score (nSPS) is 13.2. The zero-order chi connectivity index (χ0) is 12.4. The summed E-state index contributed by atoms with van der Waals surface area (Å²) in [5, 5.41) is 17.1. The highest BCUT2D eigenvalue weighted by molar-refractivity contribution is 5.91. The monoisotopic (exact) mass is 225 g/mol. The number of rotatable bonds is 8. The van der Waals surface area contributed by atoms with Gasteiger partial charge in [-0.1, -0.05) is 26.2 Å². The Balaban J connectivity index is 3.85. The molecule has 0 aliphatic carbocycles. The maximum absolute atomic E-state index is 10.5. The zero-order valence-corrected chi connectivity index (χ0v) is 9.90. The standard InChI is InChI=1S/C12H19NO3/c1-3-4-5-6-7-16-10(2)8-11(9-13)12(14)15/h8,10H,3-7H2,1-2H3,(H,14,15). The summed E-state index contributed by atoms with van der Waals surface area (Å²) in [6.45, 7) is 4.48. The van der Waals surface area contributed by atoms with Gasteiger partial charge in [-0.05, 0) is 19.4 Å². The van der Waals surface area contributed by atoms with E-state index in [1.165, 1.54) is 18.9 Å². The third-order valence-corrected chi connectivity index (χ3v) is 2.13. The van der Waals surface area contributed by atoms with Crippen LogP contribution in [0.1, 0.15) is 39.5 Å². The number of nitrogens with zero attached hydrogens (tertiary/aromatic N) is 1. The number of nitriles is 1. The third kappa shape index (κ3) is 7.02. The average Bonchev–Trinajstić information content (AvgIpc) is 2.25. The highest BCUT2D eigenvalue weighted by atomic mass is 16.5. The van der Waals surface area contributed by atoms with Crippen molar-refractivity contribution in [3.05, 3.63) is 11.6 Å². The molecule has 0 aromatic heterocycles. The number of carboxylic acids is 1. The first-order chi connectivity index (χ1) is 7.61. The van der Waals surface area contributed by atoms with E-state index < -0.39 is 5.97 Å². The van der Waals surface area contributed by atoms with Gasteiger partial charge in [0, 0.05) is 6.61 Å². The van der Waals surface area contributed by atoms with Crippen molar-refractivity contribution in [1.29, 1.82) is 5.26 Å². The minimum Gasteiger partial charge on any atom is -0.477 e. The van der Waals surface area contributed by atoms with Crippen molar-refractivity contribution in [3.63, 3.8) is 0 Å². The molecule has 0 aromatic rings. The molecule has 0 aliphatic heterocycles. The largest absolute Gasteiger partial charge is 0.477 e. The highest BCUT2D eigenvalue weighted by Gasteiger charge is 2.08. The first kappa shape index (κ1) is 14.7. The van der Waals surface area contributed by atoms with E-state index in [0.29, 0.717) is 6.61 Å². The molecule has 0 saturated heterocycles. The van der Waals surface area contributed by atoms with Crippen LogP contribution in [0.2, 0.25) is 0 Å². The van der Waals surface area contributed by atoms with Crippen LogP contribution in [0, 0.1) is 11.3 Å². The Kier molecular flexibility index (Phi) is 8.18. The summed E-state index contributed by atoms with van der Waals surface area (Å²) >= 11 is 0. The smallest absolute Gasteiger partial charge is 0.346 e. The van der Waals surface area contributed by atoms with Gasteiger partial charge in [0.25, 0.3) is 0 Å². The van der Waals surface area contributed by atoms with Crippen LogP contribution in [-0.4, -0.2) is 23.8 Å². The number of aliphatic carboxylic acids is 1. The van der Waals surface area contributed by atoms with Gasteiger partial charge in [0.05, 0.1) is 6.10 Å². The molecule has 0 fully saturated rings. The van der Waals surface area contributed by atoms with E-state index in [-0.39, 0.29) is 11.7 Å². The van der Waals surface area contributed by atoms with Gasteiger partial charge in [0.2, 0.25) is 0 Å². The van der Waals surface area contributed by atoms with Gasteiger partial charge in [-0.2, -0.15) is 5.26 Å². The molecule has 1 unspecified atom stereocenters. The van der Waals surface area contributed by atoms with Gasteiger partial charge in [-0.3, -0.25) is 0 Å². The van der Waals surface area contributed by atoms with Crippen LogP contribution in [0.25, 0.3) is 0 Å². The number of ether oxygens (including phenoxy) is 1. The van der Waals surface area contributed by atoms with Crippen molar-refractivity contribution in [1.82, 2.24) is 0 Å². The van der Waals surface area contributed by atoms with E-state index in [0.717, 1.165) is 12.8 Å². The summed E-state index contributed by atoms with van der Waals surface area (Å²) in [5.41, 5.74) is -0.263. The van der Waals surface area contributed by atoms with E-state index in [1.807, 2.05) is 0 Å². The Labute approximate surface area is 96.5 Å². The Bertz CT molecular complexity index is 278. The third-order valence-electron chi connectivity index (χ3n) is 2.13. The molecular formula is C12H19NO3. The number of carboxylic acid groups (broad SMARTS) is 1. The predicted molar refractivity (Wildman–Crippen MR) is 60.9 cm³/mol. The molecule has 0 rings (SSSR count). The number of unbranched alkanes of at least 4 members (excludes halogenated alkanes) is 3. The second-order valence-corrected chi connectivity index (χ2v) is 3.63. The fraction of sp³-hybridized carbons (Fsp3) is 0.667. The average molecular weight is 225 g/mol. The van der Waals surface area contributed by atoms with Crippen molar-refractivity contribution >= 4 is 5.97 Å². The molecule has 0 amide bonds. The second kappa shape index (κ2) is 8.93. The zero-order valence-electron chi connectivity index (χ0n) is 9.90. The molecule has 1 N–H and O–H groups in total. The lowest BCUT2D eigenvalue weighted by Crippen LogP contribution is -2.09. The summed E-state index contributed by atoms with van der Waals surface area (Å²) in [5.74, 6) is -1.20. The van der Waals surface area contributed by atoms with Crippen LogP contribution >= 0.6 is 0 Å².